The lowest BCUT2D eigenvalue weighted by Gasteiger charge is -2.16. The fourth-order valence-corrected chi connectivity index (χ4v) is 4.33. The number of nitriles is 1. The molecule has 0 fully saturated rings. The molecule has 8 heteroatoms. The van der Waals surface area contributed by atoms with Crippen LogP contribution in [0.2, 0.25) is 0 Å². The molecule has 164 valence electrons. The van der Waals surface area contributed by atoms with Crippen molar-refractivity contribution >= 4 is 23.5 Å². The molecule has 0 radical (unpaired) electrons. The van der Waals surface area contributed by atoms with Gasteiger partial charge in [-0.1, -0.05) is 67.2 Å². The van der Waals surface area contributed by atoms with Gasteiger partial charge >= 0.3 is 0 Å². The van der Waals surface area contributed by atoms with Gasteiger partial charge in [0.25, 0.3) is 0 Å². The third-order valence-electron chi connectivity index (χ3n) is 4.94. The summed E-state index contributed by atoms with van der Waals surface area (Å²) < 4.78 is 1.57. The normalized spacial score (nSPS) is 11.5. The second kappa shape index (κ2) is 10.1. The van der Waals surface area contributed by atoms with Crippen molar-refractivity contribution in [1.82, 2.24) is 19.7 Å². The van der Waals surface area contributed by atoms with Crippen LogP contribution in [0.3, 0.4) is 0 Å². The molecular formula is C25H22N6OS. The monoisotopic (exact) mass is 454 g/mol. The molecule has 33 heavy (non-hydrogen) atoms. The molecule has 4 rings (SSSR count). The van der Waals surface area contributed by atoms with Crippen molar-refractivity contribution in [3.63, 3.8) is 0 Å². The number of thioether (sulfide) groups is 1. The van der Waals surface area contributed by atoms with E-state index in [9.17, 15) is 10.1 Å². The van der Waals surface area contributed by atoms with Gasteiger partial charge in [0.15, 0.2) is 5.82 Å². The first-order valence-electron chi connectivity index (χ1n) is 10.5. The summed E-state index contributed by atoms with van der Waals surface area (Å²) in [5.41, 5.74) is 2.87. The summed E-state index contributed by atoms with van der Waals surface area (Å²) in [6, 6.07) is 23.3. The molecule has 1 unspecified atom stereocenters. The predicted molar refractivity (Wildman–Crippen MR) is 129 cm³/mol. The standard InChI is InChI=1S/C25H22N6OS/c1-3-22(33-23-14-21(28-17(2)29-23)18-10-6-4-7-11-18)25(32)30-24-19(15-26)16-27-31(24)20-12-8-5-9-13-20/h4-14,16,22H,3H2,1-2H3,(H,30,32). The maximum Gasteiger partial charge on any atom is 0.239 e. The number of nitrogens with zero attached hydrogens (tertiary/aromatic N) is 5. The second-order valence-corrected chi connectivity index (χ2v) is 8.50. The van der Waals surface area contributed by atoms with Crippen LogP contribution in [0.1, 0.15) is 24.7 Å². The smallest absolute Gasteiger partial charge is 0.239 e. The highest BCUT2D eigenvalue weighted by molar-refractivity contribution is 8.00. The average Bonchev–Trinajstić information content (AvgIpc) is 3.25. The maximum atomic E-state index is 13.2. The number of aryl methyl sites for hydroxylation is 1. The van der Waals surface area contributed by atoms with Crippen LogP contribution in [0.25, 0.3) is 16.9 Å². The Hall–Kier alpha value is -3.96. The van der Waals surface area contributed by atoms with E-state index in [0.29, 0.717) is 23.6 Å². The molecule has 2 heterocycles. The van der Waals surface area contributed by atoms with Crippen molar-refractivity contribution in [2.45, 2.75) is 30.5 Å². The number of carbonyl (C=O) groups is 1. The van der Waals surface area contributed by atoms with Crippen molar-refractivity contribution in [1.29, 1.82) is 5.26 Å². The fourth-order valence-electron chi connectivity index (χ4n) is 3.34. The molecule has 0 aliphatic heterocycles. The predicted octanol–water partition coefficient (Wildman–Crippen LogP) is 5.02. The molecule has 0 aliphatic rings. The molecule has 4 aromatic rings. The minimum Gasteiger partial charge on any atom is -0.308 e. The van der Waals surface area contributed by atoms with Crippen LogP contribution in [0, 0.1) is 18.3 Å². The van der Waals surface area contributed by atoms with Crippen molar-refractivity contribution < 1.29 is 4.79 Å². The molecular weight excluding hydrogens is 432 g/mol. The molecule has 1 amide bonds. The summed E-state index contributed by atoms with van der Waals surface area (Å²) >= 11 is 1.38. The van der Waals surface area contributed by atoms with Gasteiger partial charge in [-0.05, 0) is 31.5 Å². The Labute approximate surface area is 196 Å². The molecule has 7 nitrogen and oxygen atoms in total. The van der Waals surface area contributed by atoms with E-state index in [-0.39, 0.29) is 5.91 Å². The SMILES string of the molecule is CCC(Sc1cc(-c2ccccc2)nc(C)n1)C(=O)Nc1c(C#N)cnn1-c1ccccc1. The van der Waals surface area contributed by atoms with E-state index in [1.807, 2.05) is 80.6 Å². The molecule has 0 spiro atoms. The summed E-state index contributed by atoms with van der Waals surface area (Å²) in [5, 5.41) is 17.0. The third kappa shape index (κ3) is 5.10. The number of nitrogens with one attached hydrogen (secondary N) is 1. The van der Waals surface area contributed by atoms with Crippen molar-refractivity contribution in [3.05, 3.63) is 84.3 Å². The summed E-state index contributed by atoms with van der Waals surface area (Å²) in [7, 11) is 0. The number of amides is 1. The molecule has 1 atom stereocenters. The van der Waals surface area contributed by atoms with Gasteiger partial charge in [-0.2, -0.15) is 10.4 Å². The number of carbonyl (C=O) groups excluding carboxylic acids is 1. The Morgan fingerprint density at radius 1 is 1.12 bits per heavy atom. The van der Waals surface area contributed by atoms with E-state index < -0.39 is 5.25 Å². The van der Waals surface area contributed by atoms with Gasteiger partial charge in [-0.25, -0.2) is 14.6 Å². The highest BCUT2D eigenvalue weighted by atomic mass is 32.2. The number of rotatable bonds is 7. The zero-order valence-electron chi connectivity index (χ0n) is 18.3. The van der Waals surface area contributed by atoms with Crippen LogP contribution in [-0.4, -0.2) is 30.9 Å². The van der Waals surface area contributed by atoms with Gasteiger partial charge in [-0.15, -0.1) is 0 Å². The van der Waals surface area contributed by atoms with Crippen molar-refractivity contribution in [2.24, 2.45) is 0 Å². The second-order valence-electron chi connectivity index (χ2n) is 7.27. The Balaban J connectivity index is 1.58. The third-order valence-corrected chi connectivity index (χ3v) is 6.22. The van der Waals surface area contributed by atoms with E-state index in [2.05, 4.69) is 26.5 Å². The Bertz CT molecular complexity index is 1300. The number of hydrogen-bond acceptors (Lipinski definition) is 6. The molecule has 2 aromatic carbocycles. The molecule has 1 N–H and O–H groups in total. The van der Waals surface area contributed by atoms with E-state index in [1.165, 1.54) is 18.0 Å². The topological polar surface area (TPSA) is 96.5 Å². The molecule has 0 saturated carbocycles. The quantitative estimate of drug-likeness (QED) is 0.311. The highest BCUT2D eigenvalue weighted by Crippen LogP contribution is 2.29. The zero-order valence-corrected chi connectivity index (χ0v) is 19.1. The van der Waals surface area contributed by atoms with E-state index in [0.717, 1.165) is 22.0 Å². The Kier molecular flexibility index (Phi) is 6.81. The Morgan fingerprint density at radius 2 is 1.82 bits per heavy atom. The first kappa shape index (κ1) is 22.2. The van der Waals surface area contributed by atoms with E-state index in [1.54, 1.807) is 4.68 Å². The van der Waals surface area contributed by atoms with Gasteiger partial charge in [-0.3, -0.25) is 4.79 Å². The summed E-state index contributed by atoms with van der Waals surface area (Å²) in [4.78, 5) is 22.3. The van der Waals surface area contributed by atoms with Crippen molar-refractivity contribution in [3.8, 4) is 23.0 Å². The number of hydrogen-bond donors (Lipinski definition) is 1. The lowest BCUT2D eigenvalue weighted by atomic mass is 10.1. The molecule has 2 aromatic heterocycles. The van der Waals surface area contributed by atoms with Crippen LogP contribution in [0.15, 0.2) is 78.0 Å². The van der Waals surface area contributed by atoms with Gasteiger partial charge in [0.05, 0.1) is 22.8 Å². The highest BCUT2D eigenvalue weighted by Gasteiger charge is 2.23. The minimum atomic E-state index is -0.409. The van der Waals surface area contributed by atoms with E-state index >= 15 is 0 Å². The van der Waals surface area contributed by atoms with Crippen LogP contribution in [-0.2, 0) is 4.79 Å². The summed E-state index contributed by atoms with van der Waals surface area (Å²) in [6.45, 7) is 3.79. The summed E-state index contributed by atoms with van der Waals surface area (Å²) in [6.07, 6.45) is 2.04. The molecule has 0 bridgehead atoms. The number of anilines is 1. The average molecular weight is 455 g/mol. The largest absolute Gasteiger partial charge is 0.308 e. The van der Waals surface area contributed by atoms with Gasteiger partial charge in [0.2, 0.25) is 5.91 Å². The van der Waals surface area contributed by atoms with Crippen molar-refractivity contribution in [2.75, 3.05) is 5.32 Å². The minimum absolute atomic E-state index is 0.214. The maximum absolute atomic E-state index is 13.2. The lowest BCUT2D eigenvalue weighted by molar-refractivity contribution is -0.115. The molecule has 0 aliphatic carbocycles. The van der Waals surface area contributed by atoms with Crippen LogP contribution in [0.5, 0.6) is 0 Å². The fraction of sp³-hybridized carbons (Fsp3) is 0.160. The Morgan fingerprint density at radius 3 is 2.48 bits per heavy atom. The van der Waals surface area contributed by atoms with Gasteiger partial charge < -0.3 is 5.32 Å². The number of aromatic nitrogens is 4. The first-order chi connectivity index (χ1) is 16.1. The van der Waals surface area contributed by atoms with Crippen LogP contribution < -0.4 is 5.32 Å². The van der Waals surface area contributed by atoms with Crippen LogP contribution in [0.4, 0.5) is 5.82 Å². The zero-order chi connectivity index (χ0) is 23.2. The van der Waals surface area contributed by atoms with E-state index in [4.69, 9.17) is 0 Å². The van der Waals surface area contributed by atoms with Gasteiger partial charge in [0, 0.05) is 5.56 Å². The first-order valence-corrected chi connectivity index (χ1v) is 11.4. The summed E-state index contributed by atoms with van der Waals surface area (Å²) in [5.74, 6) is 0.786. The number of benzene rings is 2. The van der Waals surface area contributed by atoms with Gasteiger partial charge in [0.1, 0.15) is 22.5 Å². The number of para-hydroxylation sites is 1. The van der Waals surface area contributed by atoms with Crippen LogP contribution >= 0.6 is 11.8 Å². The lowest BCUT2D eigenvalue weighted by Crippen LogP contribution is -2.26. The molecule has 0 saturated heterocycles.